The molecule has 0 spiro atoms. The maximum atomic E-state index is 13.3. The van der Waals surface area contributed by atoms with Crippen LogP contribution in [0, 0.1) is 0 Å². The zero-order valence-electron chi connectivity index (χ0n) is 48.0. The number of nitrogens with one attached hydrogen (secondary N) is 1. The second-order valence-electron chi connectivity index (χ2n) is 22.2. The topological polar surface area (TPSA) is 228 Å². The first kappa shape index (κ1) is 70.3. The van der Waals surface area contributed by atoms with Crippen molar-refractivity contribution in [1.82, 2.24) is 5.32 Å². The largest absolute Gasteiger partial charge is 0.394 e. The Bertz CT molecular complexity index is 1410. The fraction of sp³-hybridized carbons (Fsp3) is 0.887. The number of rotatable bonds is 50. The fourth-order valence-corrected chi connectivity index (χ4v) is 10.3. The Morgan fingerprint density at radius 2 is 0.842 bits per heavy atom. The summed E-state index contributed by atoms with van der Waals surface area (Å²) in [5.74, 6) is -0.249. The Kier molecular flexibility index (Phi) is 44.4. The zero-order chi connectivity index (χ0) is 55.3. The highest BCUT2D eigenvalue weighted by molar-refractivity contribution is 5.76. The van der Waals surface area contributed by atoms with Crippen LogP contribution in [0.4, 0.5) is 0 Å². The molecule has 14 heteroatoms. The average molecular weight is 1080 g/mol. The van der Waals surface area contributed by atoms with Gasteiger partial charge in [0.25, 0.3) is 0 Å². The molecule has 2 saturated heterocycles. The molecule has 0 aromatic heterocycles. The van der Waals surface area contributed by atoms with E-state index in [1.807, 2.05) is 6.08 Å². The lowest BCUT2D eigenvalue weighted by Gasteiger charge is -2.46. The Balaban J connectivity index is 1.76. The number of unbranched alkanes of at least 4 members (excludes halogenated alkanes) is 33. The van der Waals surface area contributed by atoms with Crippen LogP contribution in [0.1, 0.15) is 258 Å². The second kappa shape index (κ2) is 48.0. The average Bonchev–Trinajstić information content (AvgIpc) is 3.42. The predicted molar refractivity (Wildman–Crippen MR) is 305 cm³/mol. The molecule has 1 amide bonds. The molecule has 0 aromatic carbocycles. The van der Waals surface area contributed by atoms with Gasteiger partial charge in [0.15, 0.2) is 12.6 Å². The Morgan fingerprint density at radius 1 is 0.461 bits per heavy atom. The van der Waals surface area contributed by atoms with E-state index < -0.39 is 86.8 Å². The molecule has 9 N–H and O–H groups in total. The lowest BCUT2D eigenvalue weighted by molar-refractivity contribution is -0.359. The zero-order valence-corrected chi connectivity index (χ0v) is 48.0. The smallest absolute Gasteiger partial charge is 0.220 e. The van der Waals surface area contributed by atoms with Crippen LogP contribution in [-0.4, -0.2) is 140 Å². The minimum Gasteiger partial charge on any atom is -0.394 e. The van der Waals surface area contributed by atoms with Gasteiger partial charge in [0.05, 0.1) is 32.0 Å². The molecule has 2 fully saturated rings. The van der Waals surface area contributed by atoms with Gasteiger partial charge in [-0.25, -0.2) is 0 Å². The van der Waals surface area contributed by atoms with Crippen molar-refractivity contribution in [3.8, 4) is 0 Å². The number of hydrogen-bond acceptors (Lipinski definition) is 13. The van der Waals surface area contributed by atoms with Crippen LogP contribution in [0.3, 0.4) is 0 Å². The maximum absolute atomic E-state index is 13.3. The summed E-state index contributed by atoms with van der Waals surface area (Å²) in [7, 11) is 0. The van der Waals surface area contributed by atoms with Crippen molar-refractivity contribution in [1.29, 1.82) is 0 Å². The molecule has 0 aromatic rings. The van der Waals surface area contributed by atoms with Gasteiger partial charge in [0.2, 0.25) is 5.91 Å². The summed E-state index contributed by atoms with van der Waals surface area (Å²) in [4.78, 5) is 13.3. The van der Waals surface area contributed by atoms with Crippen molar-refractivity contribution < 1.29 is 64.6 Å². The summed E-state index contributed by atoms with van der Waals surface area (Å²) < 4.78 is 22.8. The summed E-state index contributed by atoms with van der Waals surface area (Å²) in [6.07, 6.45) is 41.9. The van der Waals surface area contributed by atoms with E-state index >= 15 is 0 Å². The predicted octanol–water partition coefficient (Wildman–Crippen LogP) is 11.0. The lowest BCUT2D eigenvalue weighted by atomic mass is 9.97. The van der Waals surface area contributed by atoms with Crippen LogP contribution in [0.25, 0.3) is 0 Å². The van der Waals surface area contributed by atoms with Crippen LogP contribution < -0.4 is 5.32 Å². The summed E-state index contributed by atoms with van der Waals surface area (Å²) in [5, 5.41) is 87.1. The highest BCUT2D eigenvalue weighted by Gasteiger charge is 2.51. The monoisotopic (exact) mass is 1080 g/mol. The number of hydrogen-bond donors (Lipinski definition) is 9. The molecule has 2 aliphatic rings. The Labute approximate surface area is 461 Å². The third kappa shape index (κ3) is 33.1. The first-order chi connectivity index (χ1) is 37.1. The number of allylic oxidation sites excluding steroid dienone is 5. The number of carbonyl (C=O) groups is 1. The molecule has 0 radical (unpaired) electrons. The summed E-state index contributed by atoms with van der Waals surface area (Å²) in [6.45, 7) is 2.80. The van der Waals surface area contributed by atoms with Gasteiger partial charge in [-0.05, 0) is 44.9 Å². The van der Waals surface area contributed by atoms with E-state index in [9.17, 15) is 45.6 Å². The summed E-state index contributed by atoms with van der Waals surface area (Å²) in [5.41, 5.74) is 0. The molecular weight excluding hydrogens is 967 g/mol. The molecular formula is C62H115NO13. The molecule has 12 atom stereocenters. The maximum Gasteiger partial charge on any atom is 0.220 e. The normalized spacial score (nSPS) is 25.1. The molecule has 0 saturated carbocycles. The van der Waals surface area contributed by atoms with E-state index in [4.69, 9.17) is 18.9 Å². The summed E-state index contributed by atoms with van der Waals surface area (Å²) >= 11 is 0. The second-order valence-corrected chi connectivity index (χ2v) is 22.2. The molecule has 446 valence electrons. The number of aliphatic hydroxyl groups is 8. The molecule has 0 aliphatic carbocycles. The van der Waals surface area contributed by atoms with Crippen molar-refractivity contribution in [3.63, 3.8) is 0 Å². The molecule has 2 heterocycles. The van der Waals surface area contributed by atoms with Gasteiger partial charge in [-0.3, -0.25) is 4.79 Å². The van der Waals surface area contributed by atoms with Crippen LogP contribution in [0.2, 0.25) is 0 Å². The standard InChI is InChI=1S/C62H115NO13/c1-3-5-7-9-11-13-15-17-19-21-23-24-25-26-28-30-32-34-36-38-40-42-44-46-54(67)63-50(51(66)45-43-41-39-37-35-33-31-29-27-22-20-18-16-14-12-10-8-6-4-2)49-73-61-59(72)57(70)60(53(48-65)75-61)76-62-58(71)56(69)55(68)52(47-64)74-62/h27,29,35,37,43,45,50-53,55-62,64-66,68-72H,3-26,28,30-34,36,38-42,44,46-49H2,1-2H3,(H,63,67)/b29-27+,37-35+,45-43+. The number of ether oxygens (including phenoxy) is 4. The van der Waals surface area contributed by atoms with Gasteiger partial charge >= 0.3 is 0 Å². The van der Waals surface area contributed by atoms with Gasteiger partial charge in [-0.15, -0.1) is 0 Å². The number of aliphatic hydroxyl groups excluding tert-OH is 8. The number of amides is 1. The van der Waals surface area contributed by atoms with Crippen LogP contribution in [0.5, 0.6) is 0 Å². The minimum absolute atomic E-state index is 0.249. The van der Waals surface area contributed by atoms with Gasteiger partial charge in [-0.2, -0.15) is 0 Å². The van der Waals surface area contributed by atoms with Crippen LogP contribution in [0.15, 0.2) is 36.5 Å². The molecule has 2 aliphatic heterocycles. The molecule has 76 heavy (non-hydrogen) atoms. The first-order valence-corrected chi connectivity index (χ1v) is 31.2. The van der Waals surface area contributed by atoms with Crippen molar-refractivity contribution in [2.24, 2.45) is 0 Å². The molecule has 14 nitrogen and oxygen atoms in total. The number of carbonyl (C=O) groups excluding carboxylic acids is 1. The van der Waals surface area contributed by atoms with Crippen molar-refractivity contribution >= 4 is 5.91 Å². The van der Waals surface area contributed by atoms with E-state index in [2.05, 4.69) is 43.5 Å². The highest BCUT2D eigenvalue weighted by atomic mass is 16.7. The molecule has 2 rings (SSSR count). The van der Waals surface area contributed by atoms with Crippen molar-refractivity contribution in [2.45, 2.75) is 331 Å². The minimum atomic E-state index is -1.79. The molecule has 0 bridgehead atoms. The fourth-order valence-electron chi connectivity index (χ4n) is 10.3. The highest BCUT2D eigenvalue weighted by Crippen LogP contribution is 2.30. The quantitative estimate of drug-likeness (QED) is 0.0204. The Hall–Kier alpha value is -1.79. The van der Waals surface area contributed by atoms with Crippen molar-refractivity contribution in [3.05, 3.63) is 36.5 Å². The first-order valence-electron chi connectivity index (χ1n) is 31.2. The van der Waals surface area contributed by atoms with Gasteiger partial charge < -0.3 is 65.1 Å². The van der Waals surface area contributed by atoms with E-state index in [0.717, 1.165) is 44.9 Å². The third-order valence-corrected chi connectivity index (χ3v) is 15.3. The van der Waals surface area contributed by atoms with Crippen LogP contribution >= 0.6 is 0 Å². The van der Waals surface area contributed by atoms with Gasteiger partial charge in [-0.1, -0.05) is 243 Å². The Morgan fingerprint density at radius 3 is 1.29 bits per heavy atom. The summed E-state index contributed by atoms with van der Waals surface area (Å²) in [6, 6.07) is -0.935. The van der Waals surface area contributed by atoms with E-state index in [1.54, 1.807) is 6.08 Å². The SMILES string of the molecule is CCCCCCCCCCC/C=C/CC/C=C/CC/C=C/C(O)C(COC1OC(CO)C(OC2OC(CO)C(O)C(O)C2O)C(O)C1O)NC(=O)CCCCCCCCCCCCCCCCCCCCCCCCC. The molecule has 12 unspecified atom stereocenters. The lowest BCUT2D eigenvalue weighted by Crippen LogP contribution is -2.65. The van der Waals surface area contributed by atoms with E-state index in [-0.39, 0.29) is 18.9 Å². The van der Waals surface area contributed by atoms with Gasteiger partial charge in [0.1, 0.15) is 48.8 Å². The van der Waals surface area contributed by atoms with Gasteiger partial charge in [0, 0.05) is 6.42 Å². The van der Waals surface area contributed by atoms with Crippen LogP contribution in [-0.2, 0) is 23.7 Å². The van der Waals surface area contributed by atoms with Crippen molar-refractivity contribution in [2.75, 3.05) is 19.8 Å². The third-order valence-electron chi connectivity index (χ3n) is 15.3. The van der Waals surface area contributed by atoms with E-state index in [1.165, 1.54) is 180 Å². The van der Waals surface area contributed by atoms with E-state index in [0.29, 0.717) is 12.8 Å².